The van der Waals surface area contributed by atoms with Crippen molar-refractivity contribution in [2.24, 2.45) is 0 Å². The molecule has 0 bridgehead atoms. The van der Waals surface area contributed by atoms with Crippen LogP contribution < -0.4 is 5.43 Å². The number of hydrogen-bond donors (Lipinski definition) is 1. The first-order valence-corrected chi connectivity index (χ1v) is 3.91. The molecule has 0 saturated carbocycles. The van der Waals surface area contributed by atoms with Crippen LogP contribution in [0, 0.1) is 6.92 Å². The van der Waals surface area contributed by atoms with Gasteiger partial charge in [-0.25, -0.2) is 0 Å². The van der Waals surface area contributed by atoms with E-state index in [4.69, 9.17) is 9.52 Å². The van der Waals surface area contributed by atoms with E-state index in [1.807, 2.05) is 13.0 Å². The summed E-state index contributed by atoms with van der Waals surface area (Å²) in [5.74, 6) is -0.344. The Bertz CT molecular complexity index is 511. The van der Waals surface area contributed by atoms with Crippen molar-refractivity contribution in [1.29, 1.82) is 0 Å². The van der Waals surface area contributed by atoms with E-state index in [-0.39, 0.29) is 11.4 Å². The molecule has 0 atom stereocenters. The normalized spacial score (nSPS) is 10.5. The van der Waals surface area contributed by atoms with Gasteiger partial charge in [0.15, 0.2) is 5.43 Å². The molecule has 3 heteroatoms. The third-order valence-corrected chi connectivity index (χ3v) is 1.95. The van der Waals surface area contributed by atoms with Crippen LogP contribution in [-0.2, 0) is 0 Å². The summed E-state index contributed by atoms with van der Waals surface area (Å²) in [5, 5.41) is 9.56. The molecule has 0 unspecified atom stereocenters. The van der Waals surface area contributed by atoms with Crippen LogP contribution in [0.25, 0.3) is 11.0 Å². The number of benzene rings is 1. The molecule has 0 amide bonds. The predicted molar refractivity (Wildman–Crippen MR) is 48.9 cm³/mol. The van der Waals surface area contributed by atoms with Crippen molar-refractivity contribution in [2.45, 2.75) is 6.92 Å². The van der Waals surface area contributed by atoms with E-state index >= 15 is 0 Å². The fourth-order valence-corrected chi connectivity index (χ4v) is 1.37. The zero-order valence-electron chi connectivity index (χ0n) is 7.07. The molecule has 1 heterocycles. The quantitative estimate of drug-likeness (QED) is 0.665. The minimum absolute atomic E-state index is 0.211. The van der Waals surface area contributed by atoms with E-state index < -0.39 is 0 Å². The van der Waals surface area contributed by atoms with Gasteiger partial charge in [-0.15, -0.1) is 0 Å². The largest absolute Gasteiger partial charge is 0.481 e. The van der Waals surface area contributed by atoms with Crippen LogP contribution in [0.1, 0.15) is 5.56 Å². The summed E-state index contributed by atoms with van der Waals surface area (Å²) in [6, 6.07) is 6.34. The molecule has 66 valence electrons. The Balaban J connectivity index is 3.03. The van der Waals surface area contributed by atoms with E-state index in [0.29, 0.717) is 11.0 Å². The van der Waals surface area contributed by atoms with Gasteiger partial charge in [0.05, 0.1) is 11.5 Å². The van der Waals surface area contributed by atoms with Crippen LogP contribution in [0.4, 0.5) is 0 Å². The Labute approximate surface area is 74.2 Å². The Morgan fingerprint density at radius 2 is 2.15 bits per heavy atom. The molecular weight excluding hydrogens is 168 g/mol. The molecule has 1 aromatic heterocycles. The molecule has 0 radical (unpaired) electrons. The second kappa shape index (κ2) is 2.62. The SMILES string of the molecule is Cc1cccc2oc(O)cc(=O)c12. The van der Waals surface area contributed by atoms with Crippen molar-refractivity contribution in [2.75, 3.05) is 0 Å². The highest BCUT2D eigenvalue weighted by Crippen LogP contribution is 2.18. The fourth-order valence-electron chi connectivity index (χ4n) is 1.37. The summed E-state index contributed by atoms with van der Waals surface area (Å²) in [5.41, 5.74) is 1.06. The number of aromatic hydroxyl groups is 1. The van der Waals surface area contributed by atoms with Crippen LogP contribution in [0.5, 0.6) is 5.95 Å². The van der Waals surface area contributed by atoms with Gasteiger partial charge in [-0.2, -0.15) is 0 Å². The van der Waals surface area contributed by atoms with Gasteiger partial charge in [-0.3, -0.25) is 4.79 Å². The lowest BCUT2D eigenvalue weighted by molar-refractivity contribution is 0.339. The van der Waals surface area contributed by atoms with Gasteiger partial charge in [0.1, 0.15) is 5.58 Å². The molecular formula is C10H8O3. The summed E-state index contributed by atoms with van der Waals surface area (Å²) < 4.78 is 4.98. The lowest BCUT2D eigenvalue weighted by Crippen LogP contribution is -2.00. The lowest BCUT2D eigenvalue weighted by atomic mass is 10.1. The molecule has 0 spiro atoms. The zero-order chi connectivity index (χ0) is 9.42. The topological polar surface area (TPSA) is 50.4 Å². The average Bonchev–Trinajstić information content (AvgIpc) is 2.02. The maximum absolute atomic E-state index is 11.4. The molecule has 1 aromatic carbocycles. The van der Waals surface area contributed by atoms with Gasteiger partial charge in [0, 0.05) is 0 Å². The maximum Gasteiger partial charge on any atom is 0.286 e. The van der Waals surface area contributed by atoms with Gasteiger partial charge < -0.3 is 9.52 Å². The second-order valence-electron chi connectivity index (χ2n) is 2.90. The smallest absolute Gasteiger partial charge is 0.286 e. The Morgan fingerprint density at radius 3 is 2.92 bits per heavy atom. The molecule has 0 aliphatic heterocycles. The minimum atomic E-state index is -0.344. The van der Waals surface area contributed by atoms with Crippen LogP contribution in [-0.4, -0.2) is 5.11 Å². The zero-order valence-corrected chi connectivity index (χ0v) is 7.07. The molecule has 2 aromatic rings. The first kappa shape index (κ1) is 7.86. The highest BCUT2D eigenvalue weighted by atomic mass is 16.5. The van der Waals surface area contributed by atoms with E-state index in [0.717, 1.165) is 11.6 Å². The Morgan fingerprint density at radius 1 is 1.38 bits per heavy atom. The number of aryl methyl sites for hydroxylation is 1. The minimum Gasteiger partial charge on any atom is -0.481 e. The van der Waals surface area contributed by atoms with Gasteiger partial charge in [0.25, 0.3) is 5.95 Å². The molecule has 0 aliphatic carbocycles. The van der Waals surface area contributed by atoms with Gasteiger partial charge >= 0.3 is 0 Å². The average molecular weight is 176 g/mol. The molecule has 0 saturated heterocycles. The summed E-state index contributed by atoms with van der Waals surface area (Å²) in [4.78, 5) is 11.4. The first-order valence-electron chi connectivity index (χ1n) is 3.91. The summed E-state index contributed by atoms with van der Waals surface area (Å²) in [7, 11) is 0. The van der Waals surface area contributed by atoms with Crippen molar-refractivity contribution in [3.05, 3.63) is 40.1 Å². The first-order chi connectivity index (χ1) is 6.18. The lowest BCUT2D eigenvalue weighted by Gasteiger charge is -1.99. The van der Waals surface area contributed by atoms with Crippen LogP contribution in [0.3, 0.4) is 0 Å². The summed E-state index contributed by atoms with van der Waals surface area (Å²) in [6.07, 6.45) is 0. The third kappa shape index (κ3) is 1.18. The van der Waals surface area contributed by atoms with Crippen molar-refractivity contribution in [3.8, 4) is 5.95 Å². The van der Waals surface area contributed by atoms with E-state index in [1.165, 1.54) is 0 Å². The maximum atomic E-state index is 11.4. The van der Waals surface area contributed by atoms with E-state index in [2.05, 4.69) is 0 Å². The second-order valence-corrected chi connectivity index (χ2v) is 2.90. The van der Waals surface area contributed by atoms with E-state index in [1.54, 1.807) is 12.1 Å². The standard InChI is InChI=1S/C10H8O3/c1-6-3-2-4-8-10(6)7(11)5-9(12)13-8/h2-5,12H,1H3. The summed E-state index contributed by atoms with van der Waals surface area (Å²) >= 11 is 0. The fraction of sp³-hybridized carbons (Fsp3) is 0.100. The van der Waals surface area contributed by atoms with Gasteiger partial charge in [-0.1, -0.05) is 12.1 Å². The van der Waals surface area contributed by atoms with E-state index in [9.17, 15) is 4.79 Å². The molecule has 0 aliphatic rings. The predicted octanol–water partition coefficient (Wildman–Crippen LogP) is 1.81. The number of rotatable bonds is 0. The third-order valence-electron chi connectivity index (χ3n) is 1.95. The molecule has 0 fully saturated rings. The Kier molecular flexibility index (Phi) is 1.59. The summed E-state index contributed by atoms with van der Waals surface area (Å²) in [6.45, 7) is 1.83. The number of fused-ring (bicyclic) bond motifs is 1. The molecule has 13 heavy (non-hydrogen) atoms. The van der Waals surface area contributed by atoms with Crippen molar-refractivity contribution < 1.29 is 9.52 Å². The van der Waals surface area contributed by atoms with Crippen molar-refractivity contribution in [3.63, 3.8) is 0 Å². The number of hydrogen-bond acceptors (Lipinski definition) is 3. The monoisotopic (exact) mass is 176 g/mol. The highest BCUT2D eigenvalue weighted by Gasteiger charge is 2.04. The van der Waals surface area contributed by atoms with Gasteiger partial charge in [-0.05, 0) is 18.6 Å². The van der Waals surface area contributed by atoms with Crippen LogP contribution in [0.15, 0.2) is 33.5 Å². The molecule has 2 rings (SSSR count). The van der Waals surface area contributed by atoms with Crippen molar-refractivity contribution in [1.82, 2.24) is 0 Å². The Hall–Kier alpha value is -1.77. The van der Waals surface area contributed by atoms with Crippen molar-refractivity contribution >= 4 is 11.0 Å². The van der Waals surface area contributed by atoms with Crippen LogP contribution >= 0.6 is 0 Å². The van der Waals surface area contributed by atoms with Gasteiger partial charge in [0.2, 0.25) is 0 Å². The van der Waals surface area contributed by atoms with Crippen LogP contribution in [0.2, 0.25) is 0 Å². The molecule has 1 N–H and O–H groups in total. The highest BCUT2D eigenvalue weighted by molar-refractivity contribution is 5.80. The molecule has 3 nitrogen and oxygen atoms in total.